The zero-order chi connectivity index (χ0) is 19.8. The molecule has 7 nitrogen and oxygen atoms in total. The first-order valence-corrected chi connectivity index (χ1v) is 10.0. The fourth-order valence-electron chi connectivity index (χ4n) is 2.76. The highest BCUT2D eigenvalue weighted by molar-refractivity contribution is 7.90. The molecule has 0 saturated carbocycles. The van der Waals surface area contributed by atoms with Gasteiger partial charge in [0.05, 0.1) is 23.4 Å². The molecule has 0 atom stereocenters. The summed E-state index contributed by atoms with van der Waals surface area (Å²) >= 11 is 0. The van der Waals surface area contributed by atoms with E-state index in [1.807, 2.05) is 6.07 Å². The van der Waals surface area contributed by atoms with E-state index in [0.29, 0.717) is 22.7 Å². The summed E-state index contributed by atoms with van der Waals surface area (Å²) in [6.07, 6.45) is 1.14. The van der Waals surface area contributed by atoms with Gasteiger partial charge in [0.25, 0.3) is 5.91 Å². The number of carbonyl (C=O) groups is 1. The standard InChI is InChI=1S/C19H20N2O5S/c1-20-15-11-14(27(4,23)24)7-8-16(15)21(2)19(22)18-9-12-5-6-13(25-3)10-17(12)26-18/h5-11,20H,1-4H3. The first-order valence-electron chi connectivity index (χ1n) is 8.12. The van der Waals surface area contributed by atoms with Crippen LogP contribution in [0, 0.1) is 0 Å². The normalized spacial score (nSPS) is 11.4. The molecule has 0 aliphatic heterocycles. The number of sulfone groups is 1. The number of benzene rings is 2. The minimum absolute atomic E-state index is 0.173. The number of carbonyl (C=O) groups excluding carboxylic acids is 1. The SMILES string of the molecule is CNc1cc(S(C)(=O)=O)ccc1N(C)C(=O)c1cc2ccc(OC)cc2o1. The van der Waals surface area contributed by atoms with Crippen LogP contribution in [0.1, 0.15) is 10.6 Å². The summed E-state index contributed by atoms with van der Waals surface area (Å²) in [6.45, 7) is 0. The van der Waals surface area contributed by atoms with Gasteiger partial charge in [-0.05, 0) is 36.4 Å². The van der Waals surface area contributed by atoms with Crippen LogP contribution >= 0.6 is 0 Å². The quantitative estimate of drug-likeness (QED) is 0.722. The molecule has 0 spiro atoms. The van der Waals surface area contributed by atoms with Gasteiger partial charge >= 0.3 is 0 Å². The highest BCUT2D eigenvalue weighted by atomic mass is 32.2. The van der Waals surface area contributed by atoms with Gasteiger partial charge in [0.1, 0.15) is 11.3 Å². The third-order valence-electron chi connectivity index (χ3n) is 4.27. The summed E-state index contributed by atoms with van der Waals surface area (Å²) in [5, 5.41) is 3.72. The molecule has 0 radical (unpaired) electrons. The summed E-state index contributed by atoms with van der Waals surface area (Å²) in [4.78, 5) is 14.5. The maximum atomic E-state index is 12.9. The highest BCUT2D eigenvalue weighted by Crippen LogP contribution is 2.30. The largest absolute Gasteiger partial charge is 0.497 e. The van der Waals surface area contributed by atoms with Gasteiger partial charge in [0.2, 0.25) is 0 Å². The van der Waals surface area contributed by atoms with E-state index in [0.717, 1.165) is 11.6 Å². The first-order chi connectivity index (χ1) is 12.7. The molecule has 3 aromatic rings. The van der Waals surface area contributed by atoms with Crippen molar-refractivity contribution in [1.82, 2.24) is 0 Å². The molecule has 2 aromatic carbocycles. The van der Waals surface area contributed by atoms with Crippen molar-refractivity contribution in [3.63, 3.8) is 0 Å². The van der Waals surface area contributed by atoms with Crippen LogP contribution in [-0.2, 0) is 9.84 Å². The van der Waals surface area contributed by atoms with Gasteiger partial charge in [-0.2, -0.15) is 0 Å². The van der Waals surface area contributed by atoms with Gasteiger partial charge in [-0.1, -0.05) is 0 Å². The number of anilines is 2. The Kier molecular flexibility index (Phi) is 4.84. The van der Waals surface area contributed by atoms with Crippen LogP contribution in [0.5, 0.6) is 5.75 Å². The molecule has 0 aliphatic carbocycles. The van der Waals surface area contributed by atoms with Crippen molar-refractivity contribution in [2.75, 3.05) is 37.7 Å². The molecule has 1 heterocycles. The van der Waals surface area contributed by atoms with E-state index in [4.69, 9.17) is 9.15 Å². The number of methoxy groups -OCH3 is 1. The van der Waals surface area contributed by atoms with Crippen molar-refractivity contribution in [3.05, 3.63) is 48.2 Å². The van der Waals surface area contributed by atoms with E-state index in [2.05, 4.69) is 5.32 Å². The van der Waals surface area contributed by atoms with Gasteiger partial charge in [-0.3, -0.25) is 4.79 Å². The molecule has 8 heteroatoms. The zero-order valence-corrected chi connectivity index (χ0v) is 16.3. The molecule has 0 bridgehead atoms. The highest BCUT2D eigenvalue weighted by Gasteiger charge is 2.21. The first kappa shape index (κ1) is 18.8. The molecular weight excluding hydrogens is 368 g/mol. The Morgan fingerprint density at radius 1 is 1.15 bits per heavy atom. The van der Waals surface area contributed by atoms with Crippen molar-refractivity contribution in [2.45, 2.75) is 4.90 Å². The number of amides is 1. The Morgan fingerprint density at radius 3 is 2.52 bits per heavy atom. The van der Waals surface area contributed by atoms with Crippen LogP contribution in [0.4, 0.5) is 11.4 Å². The fourth-order valence-corrected chi connectivity index (χ4v) is 3.40. The maximum Gasteiger partial charge on any atom is 0.293 e. The molecule has 0 fully saturated rings. The average molecular weight is 388 g/mol. The summed E-state index contributed by atoms with van der Waals surface area (Å²) in [5.41, 5.74) is 1.60. The van der Waals surface area contributed by atoms with Gasteiger partial charge in [0.15, 0.2) is 15.6 Å². The molecule has 3 rings (SSSR count). The van der Waals surface area contributed by atoms with Gasteiger partial charge in [0, 0.05) is 31.8 Å². The predicted octanol–water partition coefficient (Wildman–Crippen LogP) is 3.16. The number of rotatable bonds is 5. The summed E-state index contributed by atoms with van der Waals surface area (Å²) in [7, 11) is 1.48. The molecule has 0 saturated heterocycles. The lowest BCUT2D eigenvalue weighted by molar-refractivity contribution is 0.0968. The monoisotopic (exact) mass is 388 g/mol. The molecule has 0 aliphatic rings. The number of furan rings is 1. The predicted molar refractivity (Wildman–Crippen MR) is 105 cm³/mol. The van der Waals surface area contributed by atoms with E-state index in [9.17, 15) is 13.2 Å². The Morgan fingerprint density at radius 2 is 1.89 bits per heavy atom. The second-order valence-electron chi connectivity index (χ2n) is 6.08. The van der Waals surface area contributed by atoms with Crippen LogP contribution in [0.15, 0.2) is 51.8 Å². The van der Waals surface area contributed by atoms with Crippen molar-refractivity contribution in [2.24, 2.45) is 0 Å². The van der Waals surface area contributed by atoms with E-state index in [1.54, 1.807) is 45.5 Å². The van der Waals surface area contributed by atoms with Crippen molar-refractivity contribution in [3.8, 4) is 5.75 Å². The molecule has 27 heavy (non-hydrogen) atoms. The Hall–Kier alpha value is -3.00. The number of fused-ring (bicyclic) bond motifs is 1. The molecule has 1 amide bonds. The number of hydrogen-bond donors (Lipinski definition) is 1. The summed E-state index contributed by atoms with van der Waals surface area (Å²) < 4.78 is 34.4. The minimum atomic E-state index is -3.35. The Bertz CT molecular complexity index is 1120. The van der Waals surface area contributed by atoms with E-state index in [-0.39, 0.29) is 16.6 Å². The van der Waals surface area contributed by atoms with Crippen molar-refractivity contribution in [1.29, 1.82) is 0 Å². The van der Waals surface area contributed by atoms with Crippen LogP contribution < -0.4 is 15.0 Å². The number of nitrogens with one attached hydrogen (secondary N) is 1. The van der Waals surface area contributed by atoms with Crippen LogP contribution in [0.25, 0.3) is 11.0 Å². The van der Waals surface area contributed by atoms with Crippen LogP contribution in [-0.4, -0.2) is 41.8 Å². The van der Waals surface area contributed by atoms with Gasteiger partial charge < -0.3 is 19.4 Å². The second kappa shape index (κ2) is 6.96. The topological polar surface area (TPSA) is 88.9 Å². The second-order valence-corrected chi connectivity index (χ2v) is 8.10. The van der Waals surface area contributed by atoms with Gasteiger partial charge in [-0.25, -0.2) is 8.42 Å². The average Bonchev–Trinajstić information content (AvgIpc) is 3.08. The van der Waals surface area contributed by atoms with E-state index in [1.165, 1.54) is 17.0 Å². The number of ether oxygens (including phenoxy) is 1. The van der Waals surface area contributed by atoms with Crippen LogP contribution in [0.3, 0.4) is 0 Å². The van der Waals surface area contributed by atoms with E-state index >= 15 is 0 Å². The van der Waals surface area contributed by atoms with E-state index < -0.39 is 9.84 Å². The van der Waals surface area contributed by atoms with Crippen molar-refractivity contribution < 1.29 is 22.4 Å². The summed E-state index contributed by atoms with van der Waals surface area (Å²) in [6, 6.07) is 11.5. The van der Waals surface area contributed by atoms with Crippen molar-refractivity contribution >= 4 is 38.1 Å². The number of hydrogen-bond acceptors (Lipinski definition) is 6. The Balaban J connectivity index is 1.98. The lowest BCUT2D eigenvalue weighted by Gasteiger charge is -2.20. The molecule has 142 valence electrons. The fraction of sp³-hybridized carbons (Fsp3) is 0.211. The summed E-state index contributed by atoms with van der Waals surface area (Å²) in [5.74, 6) is 0.460. The molecule has 0 unspecified atom stereocenters. The Labute approximate surface area is 157 Å². The molecule has 1 N–H and O–H groups in total. The van der Waals surface area contributed by atoms with Gasteiger partial charge in [-0.15, -0.1) is 0 Å². The third-order valence-corrected chi connectivity index (χ3v) is 5.38. The lowest BCUT2D eigenvalue weighted by atomic mass is 10.2. The molecular formula is C19H20N2O5S. The minimum Gasteiger partial charge on any atom is -0.497 e. The third kappa shape index (κ3) is 3.61. The lowest BCUT2D eigenvalue weighted by Crippen LogP contribution is -2.26. The number of nitrogens with zero attached hydrogens (tertiary/aromatic N) is 1. The smallest absolute Gasteiger partial charge is 0.293 e. The maximum absolute atomic E-state index is 12.9. The van der Waals surface area contributed by atoms with Crippen LogP contribution in [0.2, 0.25) is 0 Å². The molecule has 1 aromatic heterocycles. The zero-order valence-electron chi connectivity index (χ0n) is 15.4.